The summed E-state index contributed by atoms with van der Waals surface area (Å²) < 4.78 is 46.1. The summed E-state index contributed by atoms with van der Waals surface area (Å²) in [6.45, 7) is 5.31. The molecule has 0 aliphatic rings. The molecule has 0 aliphatic heterocycles. The SMILES string of the molecule is C#Cc1cccc(C#Cc2ccc3c(-c4c(OCCOCCOCCOC)ccc5cc(C#Cc6cccc(C#C)c6)ccc45)c(OCCOCCOCCOC)ccc3c2)c1. The van der Waals surface area contributed by atoms with Gasteiger partial charge in [-0.25, -0.2) is 0 Å². The Morgan fingerprint density at radius 3 is 1.11 bits per heavy atom. The van der Waals surface area contributed by atoms with E-state index in [-0.39, 0.29) is 0 Å². The molecule has 0 radical (unpaired) electrons. The molecule has 0 bridgehead atoms. The Morgan fingerprint density at radius 1 is 0.371 bits per heavy atom. The second-order valence-corrected chi connectivity index (χ2v) is 13.8. The molecule has 0 saturated carbocycles. The monoisotopic (exact) mass is 826 g/mol. The fraction of sp³-hybridized carbons (Fsp3) is 0.259. The molecule has 0 N–H and O–H groups in total. The highest BCUT2D eigenvalue weighted by Gasteiger charge is 2.20. The normalized spacial score (nSPS) is 10.6. The van der Waals surface area contributed by atoms with Crippen LogP contribution in [0.1, 0.15) is 33.4 Å². The average Bonchev–Trinajstić information content (AvgIpc) is 3.31. The van der Waals surface area contributed by atoms with Gasteiger partial charge >= 0.3 is 0 Å². The van der Waals surface area contributed by atoms with Crippen molar-refractivity contribution in [2.75, 3.05) is 93.5 Å². The summed E-state index contributed by atoms with van der Waals surface area (Å²) in [5.74, 6) is 19.9. The molecule has 0 heterocycles. The molecule has 6 aromatic rings. The first-order valence-electron chi connectivity index (χ1n) is 20.5. The van der Waals surface area contributed by atoms with Gasteiger partial charge in [-0.1, -0.05) is 71.9 Å². The zero-order valence-electron chi connectivity index (χ0n) is 35.3. The molecule has 8 nitrogen and oxygen atoms in total. The van der Waals surface area contributed by atoms with Gasteiger partial charge in [0.1, 0.15) is 24.7 Å². The number of methoxy groups -OCH3 is 2. The van der Waals surface area contributed by atoms with Gasteiger partial charge in [-0.15, -0.1) is 12.8 Å². The van der Waals surface area contributed by atoms with Crippen LogP contribution in [0, 0.1) is 48.4 Å². The topological polar surface area (TPSA) is 73.8 Å². The van der Waals surface area contributed by atoms with E-state index in [1.165, 1.54) is 0 Å². The van der Waals surface area contributed by atoms with E-state index in [4.69, 9.17) is 50.7 Å². The lowest BCUT2D eigenvalue weighted by molar-refractivity contribution is 0.0179. The third-order valence-electron chi connectivity index (χ3n) is 9.55. The largest absolute Gasteiger partial charge is 0.491 e. The molecule has 8 heteroatoms. The Bertz CT molecular complexity index is 2450. The second kappa shape index (κ2) is 24.6. The Morgan fingerprint density at radius 2 is 0.726 bits per heavy atom. The molecule has 6 aromatic carbocycles. The van der Waals surface area contributed by atoms with Crippen molar-refractivity contribution in [3.8, 4) is 71.0 Å². The van der Waals surface area contributed by atoms with E-state index in [1.807, 2.05) is 72.8 Å². The number of hydrogen-bond donors (Lipinski definition) is 0. The fourth-order valence-electron chi connectivity index (χ4n) is 6.54. The third kappa shape index (κ3) is 13.2. The van der Waals surface area contributed by atoms with Crippen molar-refractivity contribution in [2.45, 2.75) is 0 Å². The van der Waals surface area contributed by atoms with Crippen molar-refractivity contribution >= 4 is 21.5 Å². The maximum Gasteiger partial charge on any atom is 0.128 e. The lowest BCUT2D eigenvalue weighted by Gasteiger charge is -2.20. The van der Waals surface area contributed by atoms with Crippen LogP contribution in [0.2, 0.25) is 0 Å². The Labute approximate surface area is 365 Å². The van der Waals surface area contributed by atoms with Crippen LogP contribution in [0.3, 0.4) is 0 Å². The predicted octanol–water partition coefficient (Wildman–Crippen LogP) is 8.54. The number of rotatable bonds is 21. The van der Waals surface area contributed by atoms with Gasteiger partial charge in [-0.3, -0.25) is 0 Å². The van der Waals surface area contributed by atoms with E-state index < -0.39 is 0 Å². The smallest absolute Gasteiger partial charge is 0.128 e. The summed E-state index contributed by atoms with van der Waals surface area (Å²) in [5, 5.41) is 3.90. The summed E-state index contributed by atoms with van der Waals surface area (Å²) in [7, 11) is 3.30. The third-order valence-corrected chi connectivity index (χ3v) is 9.55. The first-order valence-corrected chi connectivity index (χ1v) is 20.5. The molecular formula is C54H50O8. The molecule has 0 spiro atoms. The van der Waals surface area contributed by atoms with E-state index in [0.717, 1.165) is 66.1 Å². The molecule has 62 heavy (non-hydrogen) atoms. The summed E-state index contributed by atoms with van der Waals surface area (Å²) >= 11 is 0. The Kier molecular flexibility index (Phi) is 17.9. The summed E-state index contributed by atoms with van der Waals surface area (Å²) in [4.78, 5) is 0. The Hall–Kier alpha value is -6.56. The van der Waals surface area contributed by atoms with Crippen LogP contribution in [-0.2, 0) is 28.4 Å². The van der Waals surface area contributed by atoms with Gasteiger partial charge in [0.2, 0.25) is 0 Å². The van der Waals surface area contributed by atoms with E-state index in [9.17, 15) is 0 Å². The number of benzene rings is 6. The van der Waals surface area contributed by atoms with Crippen LogP contribution in [0.5, 0.6) is 11.5 Å². The minimum Gasteiger partial charge on any atom is -0.491 e. The molecule has 0 aromatic heterocycles. The number of ether oxygens (including phenoxy) is 8. The molecular weight excluding hydrogens is 777 g/mol. The number of fused-ring (bicyclic) bond motifs is 2. The number of terminal acetylenes is 2. The molecule has 0 unspecified atom stereocenters. The maximum absolute atomic E-state index is 6.56. The van der Waals surface area contributed by atoms with E-state index in [0.29, 0.717) is 90.8 Å². The molecule has 6 rings (SSSR count). The van der Waals surface area contributed by atoms with Crippen LogP contribution in [0.15, 0.2) is 109 Å². The highest BCUT2D eigenvalue weighted by Crippen LogP contribution is 2.46. The van der Waals surface area contributed by atoms with Gasteiger partial charge in [0.25, 0.3) is 0 Å². The van der Waals surface area contributed by atoms with Crippen LogP contribution in [-0.4, -0.2) is 93.5 Å². The minimum atomic E-state index is 0.318. The van der Waals surface area contributed by atoms with Crippen molar-refractivity contribution in [1.82, 2.24) is 0 Å². The molecule has 0 saturated heterocycles. The van der Waals surface area contributed by atoms with Gasteiger partial charge in [0, 0.05) is 58.7 Å². The second-order valence-electron chi connectivity index (χ2n) is 13.8. The van der Waals surface area contributed by atoms with Gasteiger partial charge in [0.15, 0.2) is 0 Å². The van der Waals surface area contributed by atoms with Crippen LogP contribution in [0.4, 0.5) is 0 Å². The molecule has 0 amide bonds. The zero-order valence-corrected chi connectivity index (χ0v) is 35.3. The highest BCUT2D eigenvalue weighted by atomic mass is 16.6. The van der Waals surface area contributed by atoms with Crippen molar-refractivity contribution in [2.24, 2.45) is 0 Å². The van der Waals surface area contributed by atoms with E-state index >= 15 is 0 Å². The zero-order chi connectivity index (χ0) is 43.2. The lowest BCUT2D eigenvalue weighted by atomic mass is 9.91. The summed E-state index contributed by atoms with van der Waals surface area (Å²) in [6.07, 6.45) is 11.3. The van der Waals surface area contributed by atoms with Crippen molar-refractivity contribution < 1.29 is 37.9 Å². The fourth-order valence-corrected chi connectivity index (χ4v) is 6.54. The summed E-state index contributed by atoms with van der Waals surface area (Å²) in [5.41, 5.74) is 6.74. The van der Waals surface area contributed by atoms with Gasteiger partial charge in [-0.2, -0.15) is 0 Å². The van der Waals surface area contributed by atoms with E-state index in [1.54, 1.807) is 14.2 Å². The standard InChI is InChI=1S/C54H50O8/c1-5-41-9-7-11-43(37-41)13-15-45-17-21-49-47(39-45)19-23-51(61-35-33-59-31-29-57-27-25-55-3)53(49)54-50-22-18-46(16-14-44-12-8-10-42(6-2)38-44)40-48(50)20-24-52(54)62-36-34-60-32-30-58-28-26-56-4/h1-2,7-12,17-24,37-40H,25-36H2,3-4H3. The van der Waals surface area contributed by atoms with Crippen LogP contribution >= 0.6 is 0 Å². The molecule has 314 valence electrons. The highest BCUT2D eigenvalue weighted by molar-refractivity contribution is 6.10. The number of hydrogen-bond acceptors (Lipinski definition) is 8. The van der Waals surface area contributed by atoms with Gasteiger partial charge < -0.3 is 37.9 Å². The van der Waals surface area contributed by atoms with Crippen LogP contribution in [0.25, 0.3) is 32.7 Å². The van der Waals surface area contributed by atoms with Crippen molar-refractivity contribution in [3.63, 3.8) is 0 Å². The van der Waals surface area contributed by atoms with Crippen LogP contribution < -0.4 is 9.47 Å². The Balaban J connectivity index is 1.37. The quantitative estimate of drug-likeness (QED) is 0.0529. The molecule has 0 fully saturated rings. The van der Waals surface area contributed by atoms with Gasteiger partial charge in [0.05, 0.1) is 66.1 Å². The van der Waals surface area contributed by atoms with Crippen molar-refractivity contribution in [1.29, 1.82) is 0 Å². The molecule has 0 atom stereocenters. The lowest BCUT2D eigenvalue weighted by Crippen LogP contribution is -2.13. The van der Waals surface area contributed by atoms with E-state index in [2.05, 4.69) is 71.9 Å². The first kappa shape index (κ1) is 45.0. The van der Waals surface area contributed by atoms with Gasteiger partial charge in [-0.05, 0) is 94.3 Å². The molecule has 0 aliphatic carbocycles. The first-order chi connectivity index (χ1) is 30.6. The van der Waals surface area contributed by atoms with Crippen molar-refractivity contribution in [3.05, 3.63) is 143 Å². The minimum absolute atomic E-state index is 0.318. The average molecular weight is 827 g/mol. The predicted molar refractivity (Wildman–Crippen MR) is 246 cm³/mol. The maximum atomic E-state index is 6.56. The summed E-state index contributed by atoms with van der Waals surface area (Å²) in [6, 6.07) is 35.8.